The molecule has 1 aliphatic rings. The molecule has 1 heterocycles. The molecular weight excluding hydrogens is 250 g/mol. The Morgan fingerprint density at radius 3 is 2.94 bits per heavy atom. The number of benzene rings is 1. The minimum Gasteiger partial charge on any atom is -0.386 e. The highest BCUT2D eigenvalue weighted by Gasteiger charge is 2.31. The van der Waals surface area contributed by atoms with E-state index in [4.69, 9.17) is 16.9 Å². The van der Waals surface area contributed by atoms with Crippen LogP contribution in [0.4, 0.5) is 11.4 Å². The van der Waals surface area contributed by atoms with E-state index in [1.54, 1.807) is 24.1 Å². The highest BCUT2D eigenvalue weighted by molar-refractivity contribution is 6.18. The number of amides is 1. The van der Waals surface area contributed by atoms with Gasteiger partial charge >= 0.3 is 0 Å². The second-order valence-electron chi connectivity index (χ2n) is 4.32. The number of anilines is 2. The van der Waals surface area contributed by atoms with Crippen molar-refractivity contribution in [3.8, 4) is 6.07 Å². The Hall–Kier alpha value is -1.73. The van der Waals surface area contributed by atoms with Gasteiger partial charge in [0.25, 0.3) is 0 Å². The van der Waals surface area contributed by atoms with Gasteiger partial charge in [0.15, 0.2) is 0 Å². The number of nitrogens with one attached hydrogen (secondary N) is 1. The molecule has 0 radical (unpaired) electrons. The number of carbonyl (C=O) groups is 1. The van der Waals surface area contributed by atoms with Gasteiger partial charge in [-0.25, -0.2) is 0 Å². The Morgan fingerprint density at radius 2 is 2.39 bits per heavy atom. The molecule has 1 saturated heterocycles. The number of rotatable bonds is 3. The molecule has 5 heteroatoms. The molecule has 1 fully saturated rings. The van der Waals surface area contributed by atoms with Crippen molar-refractivity contribution < 1.29 is 4.79 Å². The van der Waals surface area contributed by atoms with Crippen molar-refractivity contribution in [2.45, 2.75) is 6.42 Å². The zero-order chi connectivity index (χ0) is 13.1. The standard InChI is InChI=1S/C13H14ClN3O/c1-16-11-3-2-9(7-15)4-12(11)17-8-10(6-14)5-13(17)18/h2-4,10,16H,5-6,8H2,1H3. The van der Waals surface area contributed by atoms with Gasteiger partial charge in [-0.15, -0.1) is 11.6 Å². The molecule has 0 bridgehead atoms. The third-order valence-corrected chi connectivity index (χ3v) is 3.55. The number of nitriles is 1. The van der Waals surface area contributed by atoms with Crippen LogP contribution in [0.2, 0.25) is 0 Å². The van der Waals surface area contributed by atoms with Gasteiger partial charge < -0.3 is 10.2 Å². The summed E-state index contributed by atoms with van der Waals surface area (Å²) in [4.78, 5) is 13.7. The van der Waals surface area contributed by atoms with Crippen LogP contribution in [0.1, 0.15) is 12.0 Å². The van der Waals surface area contributed by atoms with E-state index in [2.05, 4.69) is 11.4 Å². The summed E-state index contributed by atoms with van der Waals surface area (Å²) in [5.41, 5.74) is 2.15. The highest BCUT2D eigenvalue weighted by atomic mass is 35.5. The largest absolute Gasteiger partial charge is 0.386 e. The predicted molar refractivity (Wildman–Crippen MR) is 71.9 cm³/mol. The van der Waals surface area contributed by atoms with Crippen LogP contribution < -0.4 is 10.2 Å². The van der Waals surface area contributed by atoms with Crippen molar-refractivity contribution in [1.82, 2.24) is 0 Å². The van der Waals surface area contributed by atoms with E-state index in [1.807, 2.05) is 6.07 Å². The van der Waals surface area contributed by atoms with Crippen molar-refractivity contribution in [3.63, 3.8) is 0 Å². The Morgan fingerprint density at radius 1 is 1.61 bits per heavy atom. The van der Waals surface area contributed by atoms with Crippen LogP contribution in [-0.2, 0) is 4.79 Å². The molecule has 0 aliphatic carbocycles. The Balaban J connectivity index is 2.38. The summed E-state index contributed by atoms with van der Waals surface area (Å²) in [6, 6.07) is 7.37. The molecular formula is C13H14ClN3O. The molecule has 0 aromatic heterocycles. The molecule has 1 unspecified atom stereocenters. The van der Waals surface area contributed by atoms with E-state index >= 15 is 0 Å². The molecule has 0 saturated carbocycles. The molecule has 2 rings (SSSR count). The molecule has 1 aliphatic heterocycles. The first-order valence-electron chi connectivity index (χ1n) is 5.77. The Bertz CT molecular complexity index is 509. The van der Waals surface area contributed by atoms with Crippen molar-refractivity contribution in [3.05, 3.63) is 23.8 Å². The van der Waals surface area contributed by atoms with E-state index in [1.165, 1.54) is 0 Å². The first-order valence-corrected chi connectivity index (χ1v) is 6.31. The SMILES string of the molecule is CNc1ccc(C#N)cc1N1CC(CCl)CC1=O. The van der Waals surface area contributed by atoms with Gasteiger partial charge in [-0.2, -0.15) is 5.26 Å². The van der Waals surface area contributed by atoms with Crippen molar-refractivity contribution in [2.24, 2.45) is 5.92 Å². The van der Waals surface area contributed by atoms with Gasteiger partial charge in [-0.1, -0.05) is 0 Å². The second kappa shape index (κ2) is 5.28. The van der Waals surface area contributed by atoms with Crippen molar-refractivity contribution in [1.29, 1.82) is 5.26 Å². The van der Waals surface area contributed by atoms with E-state index in [9.17, 15) is 4.79 Å². The number of alkyl halides is 1. The molecule has 4 nitrogen and oxygen atoms in total. The third-order valence-electron chi connectivity index (χ3n) is 3.11. The molecule has 1 N–H and O–H groups in total. The summed E-state index contributed by atoms with van der Waals surface area (Å²) in [6.45, 7) is 0.617. The van der Waals surface area contributed by atoms with Crippen molar-refractivity contribution >= 4 is 28.9 Å². The lowest BCUT2D eigenvalue weighted by Crippen LogP contribution is -2.25. The maximum absolute atomic E-state index is 12.0. The van der Waals surface area contributed by atoms with Crippen molar-refractivity contribution in [2.75, 3.05) is 29.7 Å². The second-order valence-corrected chi connectivity index (χ2v) is 4.63. The monoisotopic (exact) mass is 263 g/mol. The van der Waals surface area contributed by atoms with Crippen LogP contribution in [0.3, 0.4) is 0 Å². The third kappa shape index (κ3) is 2.27. The fourth-order valence-corrected chi connectivity index (χ4v) is 2.36. The maximum Gasteiger partial charge on any atom is 0.227 e. The number of carbonyl (C=O) groups excluding carboxylic acids is 1. The van der Waals surface area contributed by atoms with Crippen LogP contribution in [0.25, 0.3) is 0 Å². The van der Waals surface area contributed by atoms with E-state index < -0.39 is 0 Å². The lowest BCUT2D eigenvalue weighted by molar-refractivity contribution is -0.117. The van der Waals surface area contributed by atoms with Crippen LogP contribution in [-0.4, -0.2) is 25.4 Å². The Kier molecular flexibility index (Phi) is 3.73. The number of hydrogen-bond donors (Lipinski definition) is 1. The first kappa shape index (κ1) is 12.7. The summed E-state index contributed by atoms with van der Waals surface area (Å²) in [7, 11) is 1.80. The predicted octanol–water partition coefficient (Wildman–Crippen LogP) is 2.19. The average molecular weight is 264 g/mol. The number of hydrogen-bond acceptors (Lipinski definition) is 3. The van der Waals surface area contributed by atoms with E-state index in [-0.39, 0.29) is 11.8 Å². The van der Waals surface area contributed by atoms with Gasteiger partial charge in [0.2, 0.25) is 5.91 Å². The topological polar surface area (TPSA) is 56.1 Å². The fraction of sp³-hybridized carbons (Fsp3) is 0.385. The minimum absolute atomic E-state index is 0.0623. The molecule has 94 valence electrons. The molecule has 0 spiro atoms. The quantitative estimate of drug-likeness (QED) is 0.851. The van der Waals surface area contributed by atoms with Gasteiger partial charge in [0, 0.05) is 25.9 Å². The molecule has 1 aromatic rings. The number of nitrogens with zero attached hydrogens (tertiary/aromatic N) is 2. The summed E-state index contributed by atoms with van der Waals surface area (Å²) in [5, 5.41) is 12.0. The smallest absolute Gasteiger partial charge is 0.227 e. The van der Waals surface area contributed by atoms with Gasteiger partial charge in [-0.05, 0) is 24.1 Å². The lowest BCUT2D eigenvalue weighted by atomic mass is 10.1. The zero-order valence-corrected chi connectivity index (χ0v) is 10.9. The lowest BCUT2D eigenvalue weighted by Gasteiger charge is -2.20. The average Bonchev–Trinajstić information content (AvgIpc) is 2.79. The van der Waals surface area contributed by atoms with Crippen LogP contribution in [0.15, 0.2) is 18.2 Å². The van der Waals surface area contributed by atoms with Crippen LogP contribution >= 0.6 is 11.6 Å². The summed E-state index contributed by atoms with van der Waals surface area (Å²) < 4.78 is 0. The van der Waals surface area contributed by atoms with Crippen LogP contribution in [0.5, 0.6) is 0 Å². The fourth-order valence-electron chi connectivity index (χ4n) is 2.15. The first-order chi connectivity index (χ1) is 8.69. The molecule has 1 amide bonds. The van der Waals surface area contributed by atoms with Crippen LogP contribution in [0, 0.1) is 17.2 Å². The normalized spacial score (nSPS) is 18.8. The minimum atomic E-state index is 0.0623. The van der Waals surface area contributed by atoms with E-state index in [0.717, 1.165) is 11.4 Å². The highest BCUT2D eigenvalue weighted by Crippen LogP contribution is 2.32. The summed E-state index contributed by atoms with van der Waals surface area (Å²) in [6.07, 6.45) is 0.476. The Labute approximate surface area is 111 Å². The molecule has 1 atom stereocenters. The summed E-state index contributed by atoms with van der Waals surface area (Å²) >= 11 is 5.81. The van der Waals surface area contributed by atoms with Gasteiger partial charge in [0.05, 0.1) is 23.0 Å². The molecule has 1 aromatic carbocycles. The maximum atomic E-state index is 12.0. The van der Waals surface area contributed by atoms with Gasteiger partial charge in [0.1, 0.15) is 0 Å². The molecule has 18 heavy (non-hydrogen) atoms. The number of halogens is 1. The van der Waals surface area contributed by atoms with E-state index in [0.29, 0.717) is 24.4 Å². The van der Waals surface area contributed by atoms with Gasteiger partial charge in [-0.3, -0.25) is 4.79 Å². The summed E-state index contributed by atoms with van der Waals surface area (Å²) in [5.74, 6) is 0.733. The zero-order valence-electron chi connectivity index (χ0n) is 10.1.